The summed E-state index contributed by atoms with van der Waals surface area (Å²) >= 11 is 0. The molecule has 0 amide bonds. The van der Waals surface area contributed by atoms with Gasteiger partial charge >= 0.3 is 29.6 Å². The summed E-state index contributed by atoms with van der Waals surface area (Å²) in [5.74, 6) is 0. The van der Waals surface area contributed by atoms with Crippen LogP contribution in [0.3, 0.4) is 0 Å². The third-order valence-corrected chi connectivity index (χ3v) is 2.59. The zero-order chi connectivity index (χ0) is 11.3. The third-order valence-electron chi connectivity index (χ3n) is 1.73. The van der Waals surface area contributed by atoms with Crippen molar-refractivity contribution < 1.29 is 17.7 Å². The standard InChI is InChI=1S/C10H12O4S.Na.H/c1-2-7-14-8-9-3-5-10(6-4-9)15(11,12)13;;/h2-6H,1,7-8H2,(H,11,12,13);;. The van der Waals surface area contributed by atoms with Crippen molar-refractivity contribution in [2.75, 3.05) is 6.61 Å². The average Bonchev–Trinajstić information content (AvgIpc) is 2.18. The van der Waals surface area contributed by atoms with E-state index >= 15 is 0 Å². The van der Waals surface area contributed by atoms with Crippen LogP contribution in [-0.2, 0) is 21.5 Å². The van der Waals surface area contributed by atoms with E-state index in [1.165, 1.54) is 12.1 Å². The van der Waals surface area contributed by atoms with Crippen molar-refractivity contribution >= 4 is 39.7 Å². The Morgan fingerprint density at radius 1 is 1.31 bits per heavy atom. The van der Waals surface area contributed by atoms with E-state index < -0.39 is 10.1 Å². The number of rotatable bonds is 5. The second kappa shape index (κ2) is 7.21. The summed E-state index contributed by atoms with van der Waals surface area (Å²) in [7, 11) is -4.10. The van der Waals surface area contributed by atoms with Crippen LogP contribution < -0.4 is 0 Å². The van der Waals surface area contributed by atoms with Crippen molar-refractivity contribution in [1.82, 2.24) is 0 Å². The fourth-order valence-corrected chi connectivity index (χ4v) is 1.50. The first-order valence-electron chi connectivity index (χ1n) is 4.29. The molecule has 1 aromatic carbocycles. The van der Waals surface area contributed by atoms with E-state index in [9.17, 15) is 8.42 Å². The Kier molecular flexibility index (Phi) is 7.14. The summed E-state index contributed by atoms with van der Waals surface area (Å²) in [5, 5.41) is 0. The van der Waals surface area contributed by atoms with Gasteiger partial charge in [-0.3, -0.25) is 4.55 Å². The van der Waals surface area contributed by atoms with Crippen LogP contribution in [0.2, 0.25) is 0 Å². The quantitative estimate of drug-likeness (QED) is 0.367. The van der Waals surface area contributed by atoms with Crippen LogP contribution in [-0.4, -0.2) is 49.1 Å². The normalized spacial score (nSPS) is 10.6. The van der Waals surface area contributed by atoms with E-state index in [0.29, 0.717) is 13.2 Å². The van der Waals surface area contributed by atoms with Crippen molar-refractivity contribution in [3.63, 3.8) is 0 Å². The van der Waals surface area contributed by atoms with Crippen LogP contribution in [0.4, 0.5) is 0 Å². The molecule has 0 fully saturated rings. The molecule has 0 aliphatic heterocycles. The predicted octanol–water partition coefficient (Wildman–Crippen LogP) is 0.987. The first kappa shape index (κ1) is 15.8. The Morgan fingerprint density at radius 3 is 2.31 bits per heavy atom. The van der Waals surface area contributed by atoms with Crippen LogP contribution in [0, 0.1) is 0 Å². The molecule has 84 valence electrons. The van der Waals surface area contributed by atoms with Gasteiger partial charge in [0.05, 0.1) is 18.1 Å². The van der Waals surface area contributed by atoms with E-state index in [4.69, 9.17) is 9.29 Å². The van der Waals surface area contributed by atoms with Crippen molar-refractivity contribution in [2.24, 2.45) is 0 Å². The predicted molar refractivity (Wildman–Crippen MR) is 63.3 cm³/mol. The van der Waals surface area contributed by atoms with E-state index in [2.05, 4.69) is 6.58 Å². The summed E-state index contributed by atoms with van der Waals surface area (Å²) in [6.45, 7) is 4.33. The molecule has 6 heteroatoms. The Labute approximate surface area is 117 Å². The van der Waals surface area contributed by atoms with Crippen molar-refractivity contribution in [1.29, 1.82) is 0 Å². The summed E-state index contributed by atoms with van der Waals surface area (Å²) in [5.41, 5.74) is 0.837. The second-order valence-corrected chi connectivity index (χ2v) is 4.34. The van der Waals surface area contributed by atoms with E-state index in [1.807, 2.05) is 0 Å². The number of ether oxygens (including phenoxy) is 1. The molecule has 0 saturated carbocycles. The van der Waals surface area contributed by atoms with Gasteiger partial charge in [-0.05, 0) is 17.7 Å². The summed E-state index contributed by atoms with van der Waals surface area (Å²) in [6, 6.07) is 5.85. The van der Waals surface area contributed by atoms with E-state index in [1.54, 1.807) is 18.2 Å². The molecule has 0 aliphatic rings. The number of benzene rings is 1. The minimum atomic E-state index is -4.10. The van der Waals surface area contributed by atoms with Gasteiger partial charge in [-0.25, -0.2) is 0 Å². The van der Waals surface area contributed by atoms with Gasteiger partial charge in [0.15, 0.2) is 0 Å². The zero-order valence-corrected chi connectivity index (χ0v) is 8.90. The summed E-state index contributed by atoms with van der Waals surface area (Å²) < 4.78 is 35.3. The van der Waals surface area contributed by atoms with Crippen LogP contribution in [0.5, 0.6) is 0 Å². The molecule has 1 aromatic rings. The first-order chi connectivity index (χ1) is 7.04. The molecular weight excluding hydrogens is 239 g/mol. The molecule has 0 radical (unpaired) electrons. The molecule has 16 heavy (non-hydrogen) atoms. The molecule has 0 heterocycles. The number of hydrogen-bond donors (Lipinski definition) is 1. The van der Waals surface area contributed by atoms with Gasteiger partial charge in [0, 0.05) is 0 Å². The SMILES string of the molecule is C=CCOCc1ccc(S(=O)(=O)O)cc1.[NaH]. The molecule has 0 aromatic heterocycles. The van der Waals surface area contributed by atoms with Crippen molar-refractivity contribution in [3.8, 4) is 0 Å². The molecular formula is C10H13NaO4S. The molecule has 0 saturated heterocycles. The topological polar surface area (TPSA) is 63.6 Å². The molecule has 0 unspecified atom stereocenters. The van der Waals surface area contributed by atoms with Crippen LogP contribution in [0.1, 0.15) is 5.56 Å². The molecule has 0 bridgehead atoms. The van der Waals surface area contributed by atoms with Crippen LogP contribution in [0.25, 0.3) is 0 Å². The Balaban J connectivity index is 0.00000225. The average molecular weight is 252 g/mol. The molecule has 1 rings (SSSR count). The van der Waals surface area contributed by atoms with Gasteiger partial charge in [0.2, 0.25) is 0 Å². The maximum atomic E-state index is 10.7. The molecule has 4 nitrogen and oxygen atoms in total. The van der Waals surface area contributed by atoms with Crippen LogP contribution >= 0.6 is 0 Å². The van der Waals surface area contributed by atoms with Gasteiger partial charge in [0.1, 0.15) is 0 Å². The monoisotopic (exact) mass is 252 g/mol. The second-order valence-electron chi connectivity index (χ2n) is 2.92. The Bertz CT molecular complexity index is 425. The first-order valence-corrected chi connectivity index (χ1v) is 5.73. The fraction of sp³-hybridized carbons (Fsp3) is 0.200. The molecule has 0 aliphatic carbocycles. The summed E-state index contributed by atoms with van der Waals surface area (Å²) in [6.07, 6.45) is 1.63. The third kappa shape index (κ3) is 5.25. The molecule has 0 atom stereocenters. The maximum absolute atomic E-state index is 10.7. The van der Waals surface area contributed by atoms with E-state index in [-0.39, 0.29) is 34.5 Å². The summed E-state index contributed by atoms with van der Waals surface area (Å²) in [4.78, 5) is -0.116. The van der Waals surface area contributed by atoms with E-state index in [0.717, 1.165) is 5.56 Å². The van der Waals surface area contributed by atoms with Crippen molar-refractivity contribution in [3.05, 3.63) is 42.5 Å². The molecule has 0 spiro atoms. The fourth-order valence-electron chi connectivity index (χ4n) is 1.02. The van der Waals surface area contributed by atoms with Gasteiger partial charge < -0.3 is 4.74 Å². The van der Waals surface area contributed by atoms with Gasteiger partial charge in [-0.1, -0.05) is 18.2 Å². The van der Waals surface area contributed by atoms with Gasteiger partial charge in [0.25, 0.3) is 10.1 Å². The Morgan fingerprint density at radius 2 is 1.88 bits per heavy atom. The number of hydrogen-bond acceptors (Lipinski definition) is 3. The minimum absolute atomic E-state index is 0. The molecule has 1 N–H and O–H groups in total. The van der Waals surface area contributed by atoms with Crippen LogP contribution in [0.15, 0.2) is 41.8 Å². The Hall–Kier alpha value is -0.170. The van der Waals surface area contributed by atoms with Crippen molar-refractivity contribution in [2.45, 2.75) is 11.5 Å². The van der Waals surface area contributed by atoms with Gasteiger partial charge in [-0.2, -0.15) is 8.42 Å². The van der Waals surface area contributed by atoms with Gasteiger partial charge in [-0.15, -0.1) is 6.58 Å². The zero-order valence-electron chi connectivity index (χ0n) is 8.09.